The Hall–Kier alpha value is -1.93. The number of aromatic carboxylic acids is 1. The van der Waals surface area contributed by atoms with E-state index in [2.05, 4.69) is 0 Å². The van der Waals surface area contributed by atoms with E-state index in [1.165, 1.54) is 6.07 Å². The van der Waals surface area contributed by atoms with Crippen LogP contribution in [-0.2, 0) is 6.54 Å². The lowest BCUT2D eigenvalue weighted by atomic mass is 10.0. The number of carboxylic acids is 1. The first-order valence-corrected chi connectivity index (χ1v) is 3.76. The fourth-order valence-electron chi connectivity index (χ4n) is 1.09. The number of hydrogen-bond acceptors (Lipinski definition) is 3. The molecule has 0 amide bonds. The first-order valence-electron chi connectivity index (χ1n) is 3.76. The number of benzene rings is 1. The van der Waals surface area contributed by atoms with Gasteiger partial charge in [0.25, 0.3) is 0 Å². The van der Waals surface area contributed by atoms with Crippen molar-refractivity contribution in [1.29, 1.82) is 5.26 Å². The molecule has 4 nitrogen and oxygen atoms in total. The van der Waals surface area contributed by atoms with Gasteiger partial charge >= 0.3 is 5.97 Å². The van der Waals surface area contributed by atoms with Gasteiger partial charge in [-0.1, -0.05) is 0 Å². The number of halogens is 1. The van der Waals surface area contributed by atoms with E-state index in [0.717, 1.165) is 6.07 Å². The fraction of sp³-hybridized carbons (Fsp3) is 0.111. The standard InChI is InChI=1S/C9H7FN2O2/c10-8-6(9(13)14)2-1-5(3-11)7(8)4-12/h1-2H,4,12H2,(H,13,14). The van der Waals surface area contributed by atoms with E-state index in [4.69, 9.17) is 16.1 Å². The van der Waals surface area contributed by atoms with Gasteiger partial charge in [-0.15, -0.1) is 0 Å². The molecule has 0 radical (unpaired) electrons. The molecule has 0 aliphatic rings. The molecule has 72 valence electrons. The topological polar surface area (TPSA) is 87.1 Å². The summed E-state index contributed by atoms with van der Waals surface area (Å²) in [4.78, 5) is 10.5. The number of nitrogens with zero attached hydrogens (tertiary/aromatic N) is 1. The van der Waals surface area contributed by atoms with Crippen molar-refractivity contribution in [3.8, 4) is 6.07 Å². The van der Waals surface area contributed by atoms with Crippen molar-refractivity contribution in [1.82, 2.24) is 0 Å². The Labute approximate surface area is 79.4 Å². The molecular formula is C9H7FN2O2. The molecule has 1 aromatic rings. The third kappa shape index (κ3) is 1.56. The van der Waals surface area contributed by atoms with Crippen molar-refractivity contribution in [2.45, 2.75) is 6.54 Å². The van der Waals surface area contributed by atoms with Gasteiger partial charge in [-0.2, -0.15) is 5.26 Å². The maximum atomic E-state index is 13.4. The van der Waals surface area contributed by atoms with Crippen molar-refractivity contribution >= 4 is 5.97 Å². The summed E-state index contributed by atoms with van der Waals surface area (Å²) in [6, 6.07) is 4.04. The molecule has 0 bridgehead atoms. The van der Waals surface area contributed by atoms with Crippen molar-refractivity contribution in [2.24, 2.45) is 5.73 Å². The van der Waals surface area contributed by atoms with Crippen LogP contribution < -0.4 is 5.73 Å². The van der Waals surface area contributed by atoms with Crippen molar-refractivity contribution in [3.05, 3.63) is 34.6 Å². The lowest BCUT2D eigenvalue weighted by molar-refractivity contribution is 0.0691. The smallest absolute Gasteiger partial charge is 0.338 e. The minimum atomic E-state index is -1.37. The van der Waals surface area contributed by atoms with Gasteiger partial charge in [0.05, 0.1) is 17.2 Å². The number of nitrogens with two attached hydrogens (primary N) is 1. The minimum Gasteiger partial charge on any atom is -0.478 e. The molecule has 5 heteroatoms. The van der Waals surface area contributed by atoms with Gasteiger partial charge in [0.2, 0.25) is 0 Å². The molecule has 0 saturated heterocycles. The van der Waals surface area contributed by atoms with Crippen molar-refractivity contribution in [3.63, 3.8) is 0 Å². The van der Waals surface area contributed by atoms with E-state index in [1.54, 1.807) is 6.07 Å². The quantitative estimate of drug-likeness (QED) is 0.730. The van der Waals surface area contributed by atoms with Crippen LogP contribution in [0.2, 0.25) is 0 Å². The Morgan fingerprint density at radius 1 is 1.64 bits per heavy atom. The average molecular weight is 194 g/mol. The van der Waals surface area contributed by atoms with E-state index in [-0.39, 0.29) is 17.7 Å². The van der Waals surface area contributed by atoms with E-state index in [0.29, 0.717) is 0 Å². The Morgan fingerprint density at radius 2 is 2.29 bits per heavy atom. The molecule has 0 aromatic heterocycles. The van der Waals surface area contributed by atoms with E-state index in [9.17, 15) is 9.18 Å². The zero-order valence-corrected chi connectivity index (χ0v) is 7.12. The van der Waals surface area contributed by atoms with E-state index < -0.39 is 17.3 Å². The molecule has 0 spiro atoms. The van der Waals surface area contributed by atoms with Crippen LogP contribution in [0.15, 0.2) is 12.1 Å². The van der Waals surface area contributed by atoms with Gasteiger partial charge in [0, 0.05) is 12.1 Å². The summed E-state index contributed by atoms with van der Waals surface area (Å²) in [7, 11) is 0. The average Bonchev–Trinajstić information content (AvgIpc) is 2.16. The van der Waals surface area contributed by atoms with Gasteiger partial charge in [-0.3, -0.25) is 0 Å². The van der Waals surface area contributed by atoms with Crippen LogP contribution in [0, 0.1) is 17.1 Å². The van der Waals surface area contributed by atoms with Gasteiger partial charge in [0.1, 0.15) is 5.82 Å². The molecule has 14 heavy (non-hydrogen) atoms. The Balaban J connectivity index is 3.44. The summed E-state index contributed by atoms with van der Waals surface area (Å²) in [5.74, 6) is -2.30. The molecule has 0 unspecified atom stereocenters. The molecule has 0 aliphatic carbocycles. The monoisotopic (exact) mass is 194 g/mol. The second-order valence-electron chi connectivity index (χ2n) is 2.57. The van der Waals surface area contributed by atoms with E-state index >= 15 is 0 Å². The second kappa shape index (κ2) is 3.85. The predicted octanol–water partition coefficient (Wildman–Crippen LogP) is 0.854. The highest BCUT2D eigenvalue weighted by atomic mass is 19.1. The second-order valence-corrected chi connectivity index (χ2v) is 2.57. The summed E-state index contributed by atoms with van der Waals surface area (Å²) < 4.78 is 13.4. The lowest BCUT2D eigenvalue weighted by Gasteiger charge is -2.04. The Morgan fingerprint density at radius 3 is 2.71 bits per heavy atom. The number of rotatable bonds is 2. The number of nitriles is 1. The molecule has 0 atom stereocenters. The molecule has 3 N–H and O–H groups in total. The van der Waals surface area contributed by atoms with Gasteiger partial charge in [-0.05, 0) is 12.1 Å². The SMILES string of the molecule is N#Cc1ccc(C(=O)O)c(F)c1CN. The van der Waals surface area contributed by atoms with Crippen molar-refractivity contribution < 1.29 is 14.3 Å². The molecule has 0 heterocycles. The Bertz CT molecular complexity index is 424. The van der Waals surface area contributed by atoms with Crippen LogP contribution in [-0.4, -0.2) is 11.1 Å². The van der Waals surface area contributed by atoms with Crippen LogP contribution in [0.1, 0.15) is 21.5 Å². The van der Waals surface area contributed by atoms with Gasteiger partial charge in [-0.25, -0.2) is 9.18 Å². The van der Waals surface area contributed by atoms with Crippen LogP contribution in [0.25, 0.3) is 0 Å². The van der Waals surface area contributed by atoms with Crippen LogP contribution >= 0.6 is 0 Å². The summed E-state index contributed by atoms with van der Waals surface area (Å²) in [5, 5.41) is 17.2. The van der Waals surface area contributed by atoms with Crippen LogP contribution in [0.3, 0.4) is 0 Å². The minimum absolute atomic E-state index is 0.0626. The highest BCUT2D eigenvalue weighted by molar-refractivity contribution is 5.88. The molecular weight excluding hydrogens is 187 g/mol. The third-order valence-electron chi connectivity index (χ3n) is 1.80. The molecule has 1 aromatic carbocycles. The molecule has 0 aliphatic heterocycles. The summed E-state index contributed by atoms with van der Waals surface area (Å²) >= 11 is 0. The highest BCUT2D eigenvalue weighted by Gasteiger charge is 2.16. The molecule has 0 saturated carbocycles. The lowest BCUT2D eigenvalue weighted by Crippen LogP contribution is -2.09. The highest BCUT2D eigenvalue weighted by Crippen LogP contribution is 2.16. The number of carboxylic acid groups (broad SMARTS) is 1. The molecule has 1 rings (SSSR count). The fourth-order valence-corrected chi connectivity index (χ4v) is 1.09. The molecule has 0 fully saturated rings. The maximum absolute atomic E-state index is 13.4. The predicted molar refractivity (Wildman–Crippen MR) is 46.0 cm³/mol. The summed E-state index contributed by atoms with van der Waals surface area (Å²) in [6.45, 7) is -0.199. The Kier molecular flexibility index (Phi) is 2.79. The first kappa shape index (κ1) is 10.2. The number of carbonyl (C=O) groups is 1. The first-order chi connectivity index (χ1) is 6.61. The normalized spacial score (nSPS) is 9.50. The number of hydrogen-bond donors (Lipinski definition) is 2. The third-order valence-corrected chi connectivity index (χ3v) is 1.80. The van der Waals surface area contributed by atoms with Crippen molar-refractivity contribution in [2.75, 3.05) is 0 Å². The van der Waals surface area contributed by atoms with Crippen LogP contribution in [0.4, 0.5) is 4.39 Å². The zero-order chi connectivity index (χ0) is 10.7. The van der Waals surface area contributed by atoms with Gasteiger partial charge in [0.15, 0.2) is 0 Å². The zero-order valence-electron chi connectivity index (χ0n) is 7.12. The maximum Gasteiger partial charge on any atom is 0.338 e. The summed E-state index contributed by atoms with van der Waals surface area (Å²) in [6.07, 6.45) is 0. The van der Waals surface area contributed by atoms with E-state index in [1.807, 2.05) is 0 Å². The van der Waals surface area contributed by atoms with Crippen LogP contribution in [0.5, 0.6) is 0 Å². The van der Waals surface area contributed by atoms with Gasteiger partial charge < -0.3 is 10.8 Å². The largest absolute Gasteiger partial charge is 0.478 e. The summed E-state index contributed by atoms with van der Waals surface area (Å²) in [5.41, 5.74) is 4.75.